The van der Waals surface area contributed by atoms with E-state index in [9.17, 15) is 9.59 Å². The Balaban J connectivity index is 1.34. The number of amides is 1. The fourth-order valence-corrected chi connectivity index (χ4v) is 9.64. The summed E-state index contributed by atoms with van der Waals surface area (Å²) in [6.45, 7) is 2.68. The van der Waals surface area contributed by atoms with E-state index in [4.69, 9.17) is 4.74 Å². The van der Waals surface area contributed by atoms with Crippen molar-refractivity contribution >= 4 is 58.1 Å². The first kappa shape index (κ1) is 27.8. The van der Waals surface area contributed by atoms with Crippen LogP contribution in [-0.2, 0) is 0 Å². The Hall–Kier alpha value is -3.04. The number of aromatic nitrogens is 1. The number of pyridine rings is 1. The molecular formula is C31H29FI2N5O3-. The summed E-state index contributed by atoms with van der Waals surface area (Å²) in [5, 5.41) is 5.03. The molecule has 4 aromatic rings. The maximum atomic E-state index is 16.0. The predicted octanol–water partition coefficient (Wildman–Crippen LogP) is 1.83. The van der Waals surface area contributed by atoms with Crippen LogP contribution in [0.3, 0.4) is 0 Å². The van der Waals surface area contributed by atoms with Crippen molar-refractivity contribution in [1.82, 2.24) is 18.3 Å². The number of anilines is 1. The summed E-state index contributed by atoms with van der Waals surface area (Å²) in [5.41, 5.74) is 1.06. The molecule has 0 spiro atoms. The number of nitrogens with one attached hydrogen (secondary N) is 2. The van der Waals surface area contributed by atoms with Gasteiger partial charge in [0.1, 0.15) is 0 Å². The van der Waals surface area contributed by atoms with Gasteiger partial charge in [0.15, 0.2) is 0 Å². The number of ether oxygens (including phenoxy) is 1. The van der Waals surface area contributed by atoms with Gasteiger partial charge < -0.3 is 4.90 Å². The second kappa shape index (κ2) is 11.6. The van der Waals surface area contributed by atoms with Crippen molar-refractivity contribution in [3.8, 4) is 17.2 Å². The number of alkyl halides is 1. The zero-order valence-electron chi connectivity index (χ0n) is 22.9. The van der Waals surface area contributed by atoms with E-state index in [1.54, 1.807) is 6.20 Å². The third-order valence-corrected chi connectivity index (χ3v) is 12.1. The molecule has 0 aliphatic carbocycles. The SMILES string of the molecule is CN[I-]C1CCN(c2c(F)cc3c(=O)c(C(=O)NCCCN4C=CI=C4)cn4c3c2Oc2cc3ccccc3cc2-4)C1. The topological polar surface area (TPSA) is 78.8 Å². The number of nitrogens with zero attached hydrogens (tertiary/aromatic N) is 3. The Morgan fingerprint density at radius 2 is 2.05 bits per heavy atom. The van der Waals surface area contributed by atoms with Crippen molar-refractivity contribution in [2.45, 2.75) is 16.8 Å². The van der Waals surface area contributed by atoms with E-state index in [2.05, 4.69) is 28.2 Å². The van der Waals surface area contributed by atoms with Gasteiger partial charge in [-0.05, 0) is 10.5 Å². The van der Waals surface area contributed by atoms with Crippen LogP contribution in [0.4, 0.5) is 10.1 Å². The van der Waals surface area contributed by atoms with Gasteiger partial charge in [-0.1, -0.05) is 20.7 Å². The second-order valence-corrected chi connectivity index (χ2v) is 15.9. The molecule has 3 aliphatic rings. The molecule has 3 aliphatic heterocycles. The zero-order valence-corrected chi connectivity index (χ0v) is 27.2. The van der Waals surface area contributed by atoms with Gasteiger partial charge in [0, 0.05) is 16.9 Å². The van der Waals surface area contributed by atoms with Gasteiger partial charge in [0.2, 0.25) is 0 Å². The average Bonchev–Trinajstić information content (AvgIpc) is 3.68. The fraction of sp³-hybridized carbons (Fsp3) is 0.258. The van der Waals surface area contributed by atoms with Crippen molar-refractivity contribution < 1.29 is 35.4 Å². The molecule has 3 aromatic carbocycles. The monoisotopic (exact) mass is 792 g/mol. The van der Waals surface area contributed by atoms with Crippen LogP contribution in [-0.4, -0.2) is 56.7 Å². The van der Waals surface area contributed by atoms with E-state index in [-0.39, 0.29) is 53.2 Å². The first-order chi connectivity index (χ1) is 20.5. The molecule has 1 atom stereocenters. The molecule has 1 amide bonds. The molecule has 0 bridgehead atoms. The summed E-state index contributed by atoms with van der Waals surface area (Å²) < 4.78 is 32.6. The average molecular weight is 792 g/mol. The zero-order chi connectivity index (χ0) is 28.8. The molecular weight excluding hydrogens is 763 g/mol. The van der Waals surface area contributed by atoms with Crippen LogP contribution in [0, 0.1) is 5.82 Å². The summed E-state index contributed by atoms with van der Waals surface area (Å²) in [6.07, 6.45) is 5.40. The standard InChI is InChI=1S/C31H29FI2N5O3/c1-35-34-21-7-11-38(16-21)28-24(32)15-22-27-30(28)42-26-14-20-6-3-2-5-19(20)13-25(26)39(27)17-23(29(22)40)31(41)36-9-4-10-37-12-8-33-18-37/h2-3,5-6,8,12-15,17-18,21,35H,4,7,9-11,16H2,1H3,(H,36,41)/q-1. The van der Waals surface area contributed by atoms with Gasteiger partial charge in [-0.2, -0.15) is 0 Å². The molecule has 1 aromatic heterocycles. The van der Waals surface area contributed by atoms with Crippen LogP contribution < -0.4 is 45.4 Å². The van der Waals surface area contributed by atoms with Gasteiger partial charge in [0.25, 0.3) is 0 Å². The maximum absolute atomic E-state index is 16.0. The summed E-state index contributed by atoms with van der Waals surface area (Å²) in [6, 6.07) is 13.2. The van der Waals surface area contributed by atoms with Crippen LogP contribution in [0.2, 0.25) is 0 Å². The molecule has 0 saturated carbocycles. The summed E-state index contributed by atoms with van der Waals surface area (Å²) in [5.74, 6) is -0.0837. The van der Waals surface area contributed by atoms with E-state index in [0.29, 0.717) is 45.4 Å². The quantitative estimate of drug-likeness (QED) is 0.108. The van der Waals surface area contributed by atoms with E-state index >= 15 is 4.39 Å². The first-order valence-electron chi connectivity index (χ1n) is 13.8. The van der Waals surface area contributed by atoms with Crippen molar-refractivity contribution in [3.05, 3.63) is 80.5 Å². The Labute approximate surface area is 262 Å². The van der Waals surface area contributed by atoms with Gasteiger partial charge in [-0.25, -0.2) is 0 Å². The fourth-order valence-electron chi connectivity index (χ4n) is 5.83. The van der Waals surface area contributed by atoms with E-state index in [0.717, 1.165) is 36.7 Å². The van der Waals surface area contributed by atoms with Crippen LogP contribution >= 0.6 is 20.7 Å². The summed E-state index contributed by atoms with van der Waals surface area (Å²) in [7, 11) is 1.97. The molecule has 1 unspecified atom stereocenters. The van der Waals surface area contributed by atoms with Crippen LogP contribution in [0.25, 0.3) is 27.4 Å². The molecule has 218 valence electrons. The molecule has 8 nitrogen and oxygen atoms in total. The first-order valence-corrected chi connectivity index (χ1v) is 18.7. The van der Waals surface area contributed by atoms with Crippen LogP contribution in [0.1, 0.15) is 23.2 Å². The van der Waals surface area contributed by atoms with Crippen molar-refractivity contribution in [1.29, 1.82) is 0 Å². The molecule has 42 heavy (non-hydrogen) atoms. The van der Waals surface area contributed by atoms with E-state index in [1.807, 2.05) is 52.9 Å². The normalized spacial score (nSPS) is 17.1. The van der Waals surface area contributed by atoms with Gasteiger partial charge >= 0.3 is 211 Å². The predicted molar refractivity (Wildman–Crippen MR) is 170 cm³/mol. The van der Waals surface area contributed by atoms with Gasteiger partial charge in [-0.3, -0.25) is 0 Å². The van der Waals surface area contributed by atoms with Gasteiger partial charge in [0.05, 0.1) is 0 Å². The minimum absolute atomic E-state index is 0.00274. The number of carbonyl (C=O) groups is 1. The molecule has 1 saturated heterocycles. The Morgan fingerprint density at radius 1 is 1.21 bits per heavy atom. The Bertz CT molecular complexity index is 1840. The number of hydrogen-bond donors (Lipinski definition) is 2. The molecule has 11 heteroatoms. The number of halogens is 3. The third-order valence-electron chi connectivity index (χ3n) is 7.81. The van der Waals surface area contributed by atoms with E-state index < -0.39 is 17.2 Å². The van der Waals surface area contributed by atoms with Crippen molar-refractivity contribution in [2.24, 2.45) is 0 Å². The minimum atomic E-state index is -0.510. The number of fused-ring (bicyclic) bond motifs is 3. The molecule has 1 fully saturated rings. The molecule has 4 heterocycles. The van der Waals surface area contributed by atoms with Gasteiger partial charge in [-0.15, -0.1) is 0 Å². The molecule has 2 N–H and O–H groups in total. The van der Waals surface area contributed by atoms with Crippen molar-refractivity contribution in [2.75, 3.05) is 38.1 Å². The molecule has 0 radical (unpaired) electrons. The Morgan fingerprint density at radius 3 is 2.83 bits per heavy atom. The number of hydrogen-bond acceptors (Lipinski definition) is 6. The summed E-state index contributed by atoms with van der Waals surface area (Å²) in [4.78, 5) is 31.3. The molecule has 7 rings (SSSR count). The van der Waals surface area contributed by atoms with Crippen LogP contribution in [0.15, 0.2) is 63.7 Å². The Kier molecular flexibility index (Phi) is 7.65. The number of rotatable bonds is 8. The van der Waals surface area contributed by atoms with Crippen LogP contribution in [0.5, 0.6) is 11.5 Å². The number of benzene rings is 3. The van der Waals surface area contributed by atoms with Crippen molar-refractivity contribution in [3.63, 3.8) is 0 Å². The number of carbonyl (C=O) groups excluding carboxylic acids is 1. The van der Waals surface area contributed by atoms with E-state index in [1.165, 1.54) is 6.07 Å². The summed E-state index contributed by atoms with van der Waals surface area (Å²) >= 11 is -0.195. The second-order valence-electron chi connectivity index (χ2n) is 10.4. The third kappa shape index (κ3) is 4.98.